The van der Waals surface area contributed by atoms with Crippen molar-refractivity contribution >= 4 is 22.5 Å². The third-order valence-corrected chi connectivity index (χ3v) is 5.98. The summed E-state index contributed by atoms with van der Waals surface area (Å²) in [5.74, 6) is 0.639. The molecule has 1 aliphatic heterocycles. The van der Waals surface area contributed by atoms with Gasteiger partial charge in [0.15, 0.2) is 0 Å². The highest BCUT2D eigenvalue weighted by Crippen LogP contribution is 2.28. The molecule has 1 aromatic heterocycles. The molecule has 0 saturated carbocycles. The quantitative estimate of drug-likeness (QED) is 0.505. The molecular weight excluding hydrogens is 404 g/mol. The van der Waals surface area contributed by atoms with E-state index in [0.717, 1.165) is 53.8 Å². The van der Waals surface area contributed by atoms with Crippen molar-refractivity contribution in [1.29, 1.82) is 0 Å². The monoisotopic (exact) mass is 434 g/mol. The van der Waals surface area contributed by atoms with Crippen molar-refractivity contribution in [3.05, 3.63) is 66.4 Å². The molecule has 32 heavy (non-hydrogen) atoms. The maximum Gasteiger partial charge on any atom is 0.238 e. The number of aliphatic hydroxyl groups is 1. The van der Waals surface area contributed by atoms with E-state index in [4.69, 9.17) is 4.74 Å². The minimum Gasteiger partial charge on any atom is -0.497 e. The van der Waals surface area contributed by atoms with Gasteiger partial charge in [-0.25, -0.2) is 0 Å². The van der Waals surface area contributed by atoms with E-state index in [1.54, 1.807) is 13.3 Å². The number of fused-ring (bicyclic) bond motifs is 1. The van der Waals surface area contributed by atoms with Gasteiger partial charge < -0.3 is 20.5 Å². The van der Waals surface area contributed by atoms with Crippen molar-refractivity contribution in [2.24, 2.45) is 0 Å². The molecule has 0 aliphatic carbocycles. The summed E-state index contributed by atoms with van der Waals surface area (Å²) in [6.07, 6.45) is 2.84. The number of hydrogen-bond donors (Lipinski definition) is 3. The van der Waals surface area contributed by atoms with Gasteiger partial charge in [0.1, 0.15) is 5.75 Å². The highest BCUT2D eigenvalue weighted by molar-refractivity contribution is 5.92. The second-order valence-electron chi connectivity index (χ2n) is 8.12. The number of amides is 1. The Bertz CT molecular complexity index is 1040. The average Bonchev–Trinajstić information content (AvgIpc) is 2.84. The van der Waals surface area contributed by atoms with Crippen molar-refractivity contribution < 1.29 is 14.6 Å². The van der Waals surface area contributed by atoms with E-state index >= 15 is 0 Å². The van der Waals surface area contributed by atoms with Crippen molar-refractivity contribution in [2.45, 2.75) is 25.0 Å². The van der Waals surface area contributed by atoms with Crippen LogP contribution < -0.4 is 15.4 Å². The summed E-state index contributed by atoms with van der Waals surface area (Å²) in [7, 11) is 1.62. The molecule has 1 atom stereocenters. The molecule has 2 heterocycles. The fourth-order valence-corrected chi connectivity index (χ4v) is 4.31. The summed E-state index contributed by atoms with van der Waals surface area (Å²) in [4.78, 5) is 19.3. The van der Waals surface area contributed by atoms with Crippen LogP contribution in [0.5, 0.6) is 5.75 Å². The van der Waals surface area contributed by atoms with Crippen LogP contribution >= 0.6 is 0 Å². The predicted octanol–water partition coefficient (Wildman–Crippen LogP) is 2.97. The van der Waals surface area contributed by atoms with E-state index in [1.165, 1.54) is 0 Å². The number of nitrogens with one attached hydrogen (secondary N) is 2. The van der Waals surface area contributed by atoms with Crippen LogP contribution in [0, 0.1) is 0 Å². The Hall–Kier alpha value is -3.00. The number of piperidine rings is 1. The van der Waals surface area contributed by atoms with Crippen LogP contribution in [-0.2, 0) is 4.79 Å². The molecule has 0 unspecified atom stereocenters. The van der Waals surface area contributed by atoms with Crippen LogP contribution in [0.2, 0.25) is 0 Å². The van der Waals surface area contributed by atoms with Gasteiger partial charge in [-0.2, -0.15) is 0 Å². The lowest BCUT2D eigenvalue weighted by Gasteiger charge is -2.35. The molecule has 168 valence electrons. The molecule has 7 nitrogen and oxygen atoms in total. The van der Waals surface area contributed by atoms with Gasteiger partial charge in [-0.3, -0.25) is 14.7 Å². The van der Waals surface area contributed by atoms with Crippen LogP contribution in [0.25, 0.3) is 10.9 Å². The third-order valence-electron chi connectivity index (χ3n) is 5.98. The number of carbonyl (C=O) groups is 1. The number of para-hydroxylation sites is 1. The fraction of sp³-hybridized carbons (Fsp3) is 0.360. The van der Waals surface area contributed by atoms with Crippen LogP contribution in [0.4, 0.5) is 5.69 Å². The number of carbonyl (C=O) groups excluding carboxylic acids is 1. The summed E-state index contributed by atoms with van der Waals surface area (Å²) in [5.41, 5.74) is 2.37. The van der Waals surface area contributed by atoms with Gasteiger partial charge in [-0.1, -0.05) is 18.2 Å². The van der Waals surface area contributed by atoms with Crippen LogP contribution in [-0.4, -0.2) is 60.2 Å². The van der Waals surface area contributed by atoms with Gasteiger partial charge >= 0.3 is 0 Å². The molecule has 1 saturated heterocycles. The number of aromatic nitrogens is 1. The molecule has 4 rings (SSSR count). The number of nitrogens with zero attached hydrogens (tertiary/aromatic N) is 2. The van der Waals surface area contributed by atoms with Crippen molar-refractivity contribution in [3.8, 4) is 5.75 Å². The molecular formula is C25H30N4O3. The molecule has 7 heteroatoms. The van der Waals surface area contributed by atoms with Crippen LogP contribution in [0.3, 0.4) is 0 Å². The second-order valence-corrected chi connectivity index (χ2v) is 8.12. The first-order valence-corrected chi connectivity index (χ1v) is 11.0. The Kier molecular flexibility index (Phi) is 7.32. The number of hydrogen-bond acceptors (Lipinski definition) is 6. The Labute approximate surface area is 188 Å². The lowest BCUT2D eigenvalue weighted by atomic mass is 10.0. The number of anilines is 1. The lowest BCUT2D eigenvalue weighted by molar-refractivity contribution is -0.118. The number of benzene rings is 2. The molecule has 0 bridgehead atoms. The van der Waals surface area contributed by atoms with Gasteiger partial charge in [-0.05, 0) is 67.9 Å². The lowest BCUT2D eigenvalue weighted by Crippen LogP contribution is -2.47. The summed E-state index contributed by atoms with van der Waals surface area (Å²) < 4.78 is 5.36. The first-order valence-electron chi connectivity index (χ1n) is 11.0. The van der Waals surface area contributed by atoms with Gasteiger partial charge in [0.25, 0.3) is 0 Å². The van der Waals surface area contributed by atoms with Crippen molar-refractivity contribution in [3.63, 3.8) is 0 Å². The summed E-state index contributed by atoms with van der Waals surface area (Å²) in [6, 6.07) is 17.2. The SMILES string of the molecule is COc1ccc2nccc([C@@H](O)CN(CC(=O)Nc3ccccc3)C3CCNCC3)c2c1. The van der Waals surface area contributed by atoms with E-state index in [-0.39, 0.29) is 18.5 Å². The first-order chi connectivity index (χ1) is 15.6. The molecule has 0 radical (unpaired) electrons. The van der Waals surface area contributed by atoms with Crippen molar-refractivity contribution in [1.82, 2.24) is 15.2 Å². The highest BCUT2D eigenvalue weighted by Gasteiger charge is 2.26. The molecule has 1 aliphatic rings. The zero-order chi connectivity index (χ0) is 22.3. The van der Waals surface area contributed by atoms with E-state index < -0.39 is 6.10 Å². The molecule has 3 N–H and O–H groups in total. The number of rotatable bonds is 8. The maximum atomic E-state index is 12.8. The Morgan fingerprint density at radius 2 is 2.00 bits per heavy atom. The second kappa shape index (κ2) is 10.5. The van der Waals surface area contributed by atoms with E-state index in [9.17, 15) is 9.90 Å². The zero-order valence-electron chi connectivity index (χ0n) is 18.3. The Morgan fingerprint density at radius 1 is 1.22 bits per heavy atom. The highest BCUT2D eigenvalue weighted by atomic mass is 16.5. The van der Waals surface area contributed by atoms with E-state index in [2.05, 4.69) is 20.5 Å². The van der Waals surface area contributed by atoms with Gasteiger partial charge in [0.05, 0.1) is 25.3 Å². The molecule has 1 fully saturated rings. The van der Waals surface area contributed by atoms with Crippen LogP contribution in [0.15, 0.2) is 60.8 Å². The minimum absolute atomic E-state index is 0.0804. The normalized spacial score (nSPS) is 15.6. The number of pyridine rings is 1. The Morgan fingerprint density at radius 3 is 2.75 bits per heavy atom. The van der Waals surface area contributed by atoms with Gasteiger partial charge in [0.2, 0.25) is 5.91 Å². The standard InChI is InChI=1S/C25H30N4O3/c1-32-20-7-8-23-22(15-20)21(11-14-27-23)24(30)16-29(19-9-12-26-13-10-19)17-25(31)28-18-5-3-2-4-6-18/h2-8,11,14-15,19,24,26,30H,9-10,12-13,16-17H2,1H3,(H,28,31)/t24-/m0/s1. The van der Waals surface area contributed by atoms with Crippen molar-refractivity contribution in [2.75, 3.05) is 38.6 Å². The molecule has 1 amide bonds. The largest absolute Gasteiger partial charge is 0.497 e. The molecule has 0 spiro atoms. The minimum atomic E-state index is -0.757. The van der Waals surface area contributed by atoms with Crippen LogP contribution in [0.1, 0.15) is 24.5 Å². The topological polar surface area (TPSA) is 86.7 Å². The Balaban J connectivity index is 1.54. The van der Waals surface area contributed by atoms with E-state index in [0.29, 0.717) is 6.54 Å². The number of aliphatic hydroxyl groups excluding tert-OH is 1. The first kappa shape index (κ1) is 22.2. The summed E-state index contributed by atoms with van der Waals surface area (Å²) in [5, 5.41) is 18.4. The van der Waals surface area contributed by atoms with E-state index in [1.807, 2.05) is 54.6 Å². The number of methoxy groups -OCH3 is 1. The van der Waals surface area contributed by atoms with Gasteiger partial charge in [0, 0.05) is 29.9 Å². The zero-order valence-corrected chi connectivity index (χ0v) is 18.3. The summed E-state index contributed by atoms with van der Waals surface area (Å²) in [6.45, 7) is 2.41. The average molecular weight is 435 g/mol. The third kappa shape index (κ3) is 5.43. The summed E-state index contributed by atoms with van der Waals surface area (Å²) >= 11 is 0. The smallest absolute Gasteiger partial charge is 0.238 e. The predicted molar refractivity (Wildman–Crippen MR) is 126 cm³/mol. The molecule has 3 aromatic rings. The maximum absolute atomic E-state index is 12.8. The fourth-order valence-electron chi connectivity index (χ4n) is 4.31. The van der Waals surface area contributed by atoms with Gasteiger partial charge in [-0.15, -0.1) is 0 Å². The number of ether oxygens (including phenoxy) is 1. The molecule has 2 aromatic carbocycles.